The maximum absolute atomic E-state index is 11.8. The van der Waals surface area contributed by atoms with E-state index in [-0.39, 0.29) is 5.91 Å². The summed E-state index contributed by atoms with van der Waals surface area (Å²) in [5.74, 6) is 0.665. The number of nitrogens with one attached hydrogen (secondary N) is 1. The summed E-state index contributed by atoms with van der Waals surface area (Å²) in [6.07, 6.45) is 4.82. The quantitative estimate of drug-likeness (QED) is 0.790. The van der Waals surface area contributed by atoms with Crippen molar-refractivity contribution in [2.75, 3.05) is 6.54 Å². The van der Waals surface area contributed by atoms with Crippen molar-refractivity contribution in [1.29, 1.82) is 0 Å². The third-order valence-corrected chi connectivity index (χ3v) is 4.51. The van der Waals surface area contributed by atoms with E-state index in [1.165, 1.54) is 30.6 Å². The van der Waals surface area contributed by atoms with Crippen LogP contribution in [0.5, 0.6) is 0 Å². The second-order valence-corrected chi connectivity index (χ2v) is 6.69. The highest BCUT2D eigenvalue weighted by molar-refractivity contribution is 9.11. The van der Waals surface area contributed by atoms with Crippen molar-refractivity contribution >= 4 is 33.2 Å². The Morgan fingerprint density at radius 3 is 2.76 bits per heavy atom. The topological polar surface area (TPSA) is 29.1 Å². The lowest BCUT2D eigenvalue weighted by Crippen LogP contribution is -2.28. The molecule has 2 nitrogen and oxygen atoms in total. The van der Waals surface area contributed by atoms with E-state index in [0.717, 1.165) is 21.6 Å². The van der Waals surface area contributed by atoms with Crippen molar-refractivity contribution in [1.82, 2.24) is 5.32 Å². The Bertz CT molecular complexity index is 351. The maximum atomic E-state index is 11.8. The van der Waals surface area contributed by atoms with E-state index in [1.807, 2.05) is 12.1 Å². The van der Waals surface area contributed by atoms with E-state index in [1.54, 1.807) is 0 Å². The van der Waals surface area contributed by atoms with Gasteiger partial charge >= 0.3 is 0 Å². The summed E-state index contributed by atoms with van der Waals surface area (Å²) in [4.78, 5) is 12.6. The number of amides is 1. The minimum atomic E-state index is 0.0515. The van der Waals surface area contributed by atoms with Crippen molar-refractivity contribution in [3.05, 3.63) is 20.8 Å². The van der Waals surface area contributed by atoms with Gasteiger partial charge in [0.2, 0.25) is 0 Å². The van der Waals surface area contributed by atoms with Crippen LogP contribution >= 0.6 is 27.3 Å². The monoisotopic (exact) mass is 317 g/mol. The van der Waals surface area contributed by atoms with Gasteiger partial charge in [0.15, 0.2) is 0 Å². The van der Waals surface area contributed by atoms with Crippen LogP contribution in [0.15, 0.2) is 15.9 Å². The van der Waals surface area contributed by atoms with Crippen molar-refractivity contribution in [2.24, 2.45) is 5.92 Å². The zero-order chi connectivity index (χ0) is 12.7. The van der Waals surface area contributed by atoms with E-state index in [4.69, 9.17) is 0 Å². The Labute approximate surface area is 116 Å². The molecule has 0 saturated carbocycles. The Balaban J connectivity index is 2.36. The van der Waals surface area contributed by atoms with Gasteiger partial charge in [-0.15, -0.1) is 11.3 Å². The zero-order valence-electron chi connectivity index (χ0n) is 10.5. The molecule has 0 aliphatic carbocycles. The van der Waals surface area contributed by atoms with Crippen LogP contribution in [0, 0.1) is 5.92 Å². The first-order chi connectivity index (χ1) is 8.17. The van der Waals surface area contributed by atoms with Crippen molar-refractivity contribution in [3.63, 3.8) is 0 Å². The molecule has 17 heavy (non-hydrogen) atoms. The molecular formula is C13H20BrNOS. The molecular weight excluding hydrogens is 298 g/mol. The number of carbonyl (C=O) groups excluding carboxylic acids is 1. The fourth-order valence-electron chi connectivity index (χ4n) is 1.70. The van der Waals surface area contributed by atoms with E-state index < -0.39 is 0 Å². The lowest BCUT2D eigenvalue weighted by Gasteiger charge is -2.14. The average molecular weight is 318 g/mol. The molecule has 0 aliphatic heterocycles. The number of hydrogen-bond acceptors (Lipinski definition) is 2. The normalized spacial score (nSPS) is 12.4. The predicted molar refractivity (Wildman–Crippen MR) is 77.7 cm³/mol. The molecule has 0 spiro atoms. The Morgan fingerprint density at radius 2 is 2.24 bits per heavy atom. The summed E-state index contributed by atoms with van der Waals surface area (Å²) in [7, 11) is 0. The first-order valence-corrected chi connectivity index (χ1v) is 7.81. The van der Waals surface area contributed by atoms with Gasteiger partial charge in [0.25, 0.3) is 5.91 Å². The third kappa shape index (κ3) is 5.21. The van der Waals surface area contributed by atoms with Gasteiger partial charge in [-0.1, -0.05) is 33.1 Å². The minimum Gasteiger partial charge on any atom is -0.351 e. The van der Waals surface area contributed by atoms with Crippen molar-refractivity contribution in [3.8, 4) is 0 Å². The maximum Gasteiger partial charge on any atom is 0.261 e. The van der Waals surface area contributed by atoms with Gasteiger partial charge in [0.05, 0.1) is 8.66 Å². The van der Waals surface area contributed by atoms with Crippen LogP contribution in [-0.2, 0) is 0 Å². The second-order valence-electron chi connectivity index (χ2n) is 4.23. The highest BCUT2D eigenvalue weighted by atomic mass is 79.9. The van der Waals surface area contributed by atoms with E-state index in [9.17, 15) is 4.79 Å². The third-order valence-electron chi connectivity index (χ3n) is 2.89. The SMILES string of the molecule is CCCC[C@H](CC)CNC(=O)c1ccc(Br)s1. The largest absolute Gasteiger partial charge is 0.351 e. The Hall–Kier alpha value is -0.350. The fraction of sp³-hybridized carbons (Fsp3) is 0.615. The first-order valence-electron chi connectivity index (χ1n) is 6.20. The first kappa shape index (κ1) is 14.7. The summed E-state index contributed by atoms with van der Waals surface area (Å²) < 4.78 is 1.00. The molecule has 96 valence electrons. The summed E-state index contributed by atoms with van der Waals surface area (Å²) in [5, 5.41) is 3.02. The molecule has 1 rings (SSSR count). The molecule has 0 aromatic carbocycles. The van der Waals surface area contributed by atoms with Gasteiger partial charge in [0.1, 0.15) is 0 Å². The van der Waals surface area contributed by atoms with Crippen LogP contribution in [0.1, 0.15) is 49.2 Å². The fourth-order valence-corrected chi connectivity index (χ4v) is 3.01. The number of thiophene rings is 1. The van der Waals surface area contributed by atoms with Crippen molar-refractivity contribution < 1.29 is 4.79 Å². The summed E-state index contributed by atoms with van der Waals surface area (Å²) >= 11 is 4.84. The highest BCUT2D eigenvalue weighted by Gasteiger charge is 2.11. The number of halogens is 1. The molecule has 1 aromatic rings. The summed E-state index contributed by atoms with van der Waals surface area (Å²) in [6, 6.07) is 3.77. The van der Waals surface area contributed by atoms with Gasteiger partial charge in [0, 0.05) is 6.54 Å². The van der Waals surface area contributed by atoms with Crippen LogP contribution in [0.4, 0.5) is 0 Å². The molecule has 1 amide bonds. The molecule has 0 saturated heterocycles. The predicted octanol–water partition coefficient (Wildman–Crippen LogP) is 4.46. The molecule has 1 heterocycles. The minimum absolute atomic E-state index is 0.0515. The molecule has 1 N–H and O–H groups in total. The number of rotatable bonds is 7. The van der Waals surface area contributed by atoms with Crippen LogP contribution in [0.3, 0.4) is 0 Å². The summed E-state index contributed by atoms with van der Waals surface area (Å²) in [6.45, 7) is 5.19. The van der Waals surface area contributed by atoms with Crippen LogP contribution in [0.2, 0.25) is 0 Å². The molecule has 1 atom stereocenters. The number of carbonyl (C=O) groups is 1. The van der Waals surface area contributed by atoms with Gasteiger partial charge < -0.3 is 5.32 Å². The molecule has 0 fully saturated rings. The van der Waals surface area contributed by atoms with E-state index in [0.29, 0.717) is 5.92 Å². The molecule has 0 radical (unpaired) electrons. The second kappa shape index (κ2) is 7.88. The van der Waals surface area contributed by atoms with E-state index >= 15 is 0 Å². The summed E-state index contributed by atoms with van der Waals surface area (Å²) in [5.41, 5.74) is 0. The van der Waals surface area contributed by atoms with Crippen molar-refractivity contribution in [2.45, 2.75) is 39.5 Å². The molecule has 0 aliphatic rings. The van der Waals surface area contributed by atoms with Crippen LogP contribution in [-0.4, -0.2) is 12.5 Å². The van der Waals surface area contributed by atoms with Crippen LogP contribution in [0.25, 0.3) is 0 Å². The Morgan fingerprint density at radius 1 is 1.47 bits per heavy atom. The van der Waals surface area contributed by atoms with Gasteiger partial charge in [-0.3, -0.25) is 4.79 Å². The van der Waals surface area contributed by atoms with E-state index in [2.05, 4.69) is 35.1 Å². The number of hydrogen-bond donors (Lipinski definition) is 1. The Kier molecular flexibility index (Phi) is 6.82. The lowest BCUT2D eigenvalue weighted by molar-refractivity contribution is 0.0950. The zero-order valence-corrected chi connectivity index (χ0v) is 12.9. The molecule has 0 bridgehead atoms. The standard InChI is InChI=1S/C13H20BrNOS/c1-3-5-6-10(4-2)9-15-13(16)11-7-8-12(14)17-11/h7-8,10H,3-6,9H2,1-2H3,(H,15,16)/t10-/m0/s1. The molecule has 0 unspecified atom stereocenters. The average Bonchev–Trinajstić information content (AvgIpc) is 2.76. The van der Waals surface area contributed by atoms with Gasteiger partial charge in [-0.25, -0.2) is 0 Å². The lowest BCUT2D eigenvalue weighted by atomic mass is 9.99. The highest BCUT2D eigenvalue weighted by Crippen LogP contribution is 2.22. The van der Waals surface area contributed by atoms with Gasteiger partial charge in [-0.2, -0.15) is 0 Å². The van der Waals surface area contributed by atoms with Gasteiger partial charge in [-0.05, 0) is 40.4 Å². The molecule has 1 aromatic heterocycles. The molecule has 4 heteroatoms. The van der Waals surface area contributed by atoms with Crippen LogP contribution < -0.4 is 5.32 Å². The smallest absolute Gasteiger partial charge is 0.261 e. The number of unbranched alkanes of at least 4 members (excludes halogenated alkanes) is 1.